The lowest BCUT2D eigenvalue weighted by molar-refractivity contribution is -0.123. The van der Waals surface area contributed by atoms with E-state index in [1.165, 1.54) is 36.4 Å². The number of carbonyl (C=O) groups is 3. The average molecular weight is 387 g/mol. The molecule has 0 spiro atoms. The molecule has 0 bridgehead atoms. The molecule has 1 aliphatic rings. The first-order valence-corrected chi connectivity index (χ1v) is 8.43. The number of benzene rings is 1. The maximum Gasteiger partial charge on any atom is 0.414 e. The zero-order chi connectivity index (χ0) is 20.4. The summed E-state index contributed by atoms with van der Waals surface area (Å²) in [6, 6.07) is 7.19. The number of halogens is 1. The lowest BCUT2D eigenvalue weighted by Gasteiger charge is -2.16. The van der Waals surface area contributed by atoms with E-state index >= 15 is 0 Å². The number of amides is 2. The zero-order valence-corrected chi connectivity index (χ0v) is 15.2. The Morgan fingerprint density at radius 3 is 2.75 bits per heavy atom. The first kappa shape index (κ1) is 19.3. The number of primary amides is 1. The molecular formula is C19H18FN3O5. The van der Waals surface area contributed by atoms with Gasteiger partial charge in [0.25, 0.3) is 0 Å². The Balaban J connectivity index is 1.86. The van der Waals surface area contributed by atoms with Crippen LogP contribution in [0.25, 0.3) is 11.1 Å². The third-order valence-electron chi connectivity index (χ3n) is 4.57. The first-order chi connectivity index (χ1) is 13.3. The number of rotatable bonds is 5. The van der Waals surface area contributed by atoms with Gasteiger partial charge in [-0.05, 0) is 42.8 Å². The van der Waals surface area contributed by atoms with Gasteiger partial charge in [-0.1, -0.05) is 0 Å². The van der Waals surface area contributed by atoms with Gasteiger partial charge in [-0.3, -0.25) is 9.69 Å². The Labute approximate surface area is 160 Å². The number of cyclic esters (lactones) is 1. The normalized spacial score (nSPS) is 17.2. The molecule has 3 rings (SSSR count). The van der Waals surface area contributed by atoms with E-state index in [9.17, 15) is 18.8 Å². The van der Waals surface area contributed by atoms with Crippen molar-refractivity contribution < 1.29 is 28.2 Å². The molecule has 2 amide bonds. The molecule has 2 heterocycles. The third-order valence-corrected chi connectivity index (χ3v) is 4.57. The van der Waals surface area contributed by atoms with Crippen molar-refractivity contribution in [2.24, 2.45) is 11.7 Å². The van der Waals surface area contributed by atoms with Gasteiger partial charge in [0.15, 0.2) is 0 Å². The number of ether oxygens (including phenoxy) is 2. The number of carbonyl (C=O) groups excluding carboxylic acids is 3. The number of hydrogen-bond acceptors (Lipinski definition) is 6. The molecule has 146 valence electrons. The minimum absolute atomic E-state index is 0.0508. The predicted octanol–water partition coefficient (Wildman–Crippen LogP) is 2.12. The molecule has 0 radical (unpaired) electrons. The molecule has 1 aromatic carbocycles. The number of nitrogens with two attached hydrogens (primary N) is 1. The Bertz CT molecular complexity index is 949. The van der Waals surface area contributed by atoms with E-state index in [0.29, 0.717) is 5.56 Å². The van der Waals surface area contributed by atoms with Crippen LogP contribution in [0.5, 0.6) is 0 Å². The Morgan fingerprint density at radius 2 is 2.11 bits per heavy atom. The smallest absolute Gasteiger partial charge is 0.414 e. The molecule has 2 N–H and O–H groups in total. The van der Waals surface area contributed by atoms with E-state index in [2.05, 4.69) is 9.72 Å². The average Bonchev–Trinajstić information content (AvgIpc) is 3.08. The van der Waals surface area contributed by atoms with Crippen molar-refractivity contribution >= 4 is 23.7 Å². The van der Waals surface area contributed by atoms with Crippen molar-refractivity contribution in [1.29, 1.82) is 0 Å². The highest BCUT2D eigenvalue weighted by Gasteiger charge is 2.37. The van der Waals surface area contributed by atoms with Crippen molar-refractivity contribution in [3.05, 3.63) is 48.0 Å². The molecule has 0 aliphatic carbocycles. The van der Waals surface area contributed by atoms with Crippen LogP contribution < -0.4 is 10.6 Å². The number of pyridine rings is 1. The van der Waals surface area contributed by atoms with E-state index in [0.717, 1.165) is 0 Å². The molecule has 2 unspecified atom stereocenters. The first-order valence-electron chi connectivity index (χ1n) is 8.43. The Morgan fingerprint density at radius 1 is 1.36 bits per heavy atom. The van der Waals surface area contributed by atoms with E-state index in [1.54, 1.807) is 19.1 Å². The van der Waals surface area contributed by atoms with E-state index in [1.807, 2.05) is 0 Å². The predicted molar refractivity (Wildman–Crippen MR) is 96.9 cm³/mol. The number of aromatic nitrogens is 1. The van der Waals surface area contributed by atoms with Gasteiger partial charge in [-0.25, -0.2) is 19.0 Å². The molecule has 28 heavy (non-hydrogen) atoms. The molecule has 8 nitrogen and oxygen atoms in total. The second-order valence-corrected chi connectivity index (χ2v) is 6.31. The summed E-state index contributed by atoms with van der Waals surface area (Å²) in [6.45, 7) is 1.65. The van der Waals surface area contributed by atoms with E-state index < -0.39 is 35.8 Å². The summed E-state index contributed by atoms with van der Waals surface area (Å²) < 4.78 is 24.5. The largest absolute Gasteiger partial charge is 0.464 e. The molecule has 2 aromatic rings. The second kappa shape index (κ2) is 7.63. The third kappa shape index (κ3) is 3.64. The molecule has 1 saturated heterocycles. The van der Waals surface area contributed by atoms with Gasteiger partial charge in [0.1, 0.15) is 17.6 Å². The molecule has 1 aliphatic heterocycles. The van der Waals surface area contributed by atoms with Crippen molar-refractivity contribution in [1.82, 2.24) is 4.98 Å². The molecule has 1 fully saturated rings. The fourth-order valence-electron chi connectivity index (χ4n) is 2.86. The van der Waals surface area contributed by atoms with Crippen LogP contribution in [0.1, 0.15) is 17.4 Å². The Hall–Kier alpha value is -3.49. The van der Waals surface area contributed by atoms with Gasteiger partial charge in [-0.2, -0.15) is 0 Å². The number of hydrogen-bond donors (Lipinski definition) is 1. The summed E-state index contributed by atoms with van der Waals surface area (Å²) in [5.74, 6) is -2.47. The monoisotopic (exact) mass is 387 g/mol. The van der Waals surface area contributed by atoms with E-state index in [4.69, 9.17) is 10.5 Å². The van der Waals surface area contributed by atoms with Crippen molar-refractivity contribution in [3.63, 3.8) is 0 Å². The number of esters is 1. The maximum absolute atomic E-state index is 14.7. The summed E-state index contributed by atoms with van der Waals surface area (Å²) in [5.41, 5.74) is 6.25. The standard InChI is InChI=1S/C19H18FN3O5/c1-10(17(21)24)16-9-23(19(26)28-16)12-3-4-13(14(20)8-12)11-5-6-22-15(7-11)18(25)27-2/h3-8,10,16H,9H2,1-2H3,(H2,21,24). The molecule has 2 atom stereocenters. The minimum atomic E-state index is -0.699. The Kier molecular flexibility index (Phi) is 5.25. The molecule has 0 saturated carbocycles. The molecule has 9 heteroatoms. The molecular weight excluding hydrogens is 369 g/mol. The topological polar surface area (TPSA) is 112 Å². The van der Waals surface area contributed by atoms with Gasteiger partial charge >= 0.3 is 12.1 Å². The lowest BCUT2D eigenvalue weighted by Crippen LogP contribution is -2.34. The summed E-state index contributed by atoms with van der Waals surface area (Å²) >= 11 is 0. The maximum atomic E-state index is 14.7. The summed E-state index contributed by atoms with van der Waals surface area (Å²) in [5, 5.41) is 0. The zero-order valence-electron chi connectivity index (χ0n) is 15.2. The fraction of sp³-hybridized carbons (Fsp3) is 0.263. The van der Waals surface area contributed by atoms with Crippen LogP contribution in [0.3, 0.4) is 0 Å². The highest BCUT2D eigenvalue weighted by atomic mass is 19.1. The number of anilines is 1. The van der Waals surface area contributed by atoms with Crippen LogP contribution in [0, 0.1) is 11.7 Å². The van der Waals surface area contributed by atoms with Gasteiger partial charge < -0.3 is 15.2 Å². The van der Waals surface area contributed by atoms with Gasteiger partial charge in [0.2, 0.25) is 5.91 Å². The summed E-state index contributed by atoms with van der Waals surface area (Å²) in [7, 11) is 1.23. The van der Waals surface area contributed by atoms with Crippen molar-refractivity contribution in [2.45, 2.75) is 13.0 Å². The fourth-order valence-corrected chi connectivity index (χ4v) is 2.86. The van der Waals surface area contributed by atoms with Crippen LogP contribution in [0.4, 0.5) is 14.9 Å². The summed E-state index contributed by atoms with van der Waals surface area (Å²) in [6.07, 6.45) is 0.000429. The van der Waals surface area contributed by atoms with Crippen molar-refractivity contribution in [2.75, 3.05) is 18.6 Å². The van der Waals surface area contributed by atoms with Gasteiger partial charge in [-0.15, -0.1) is 0 Å². The highest BCUT2D eigenvalue weighted by molar-refractivity contribution is 5.91. The number of nitrogens with zero attached hydrogens (tertiary/aromatic N) is 2. The van der Waals surface area contributed by atoms with Gasteiger partial charge in [0.05, 0.1) is 25.3 Å². The van der Waals surface area contributed by atoms with Crippen LogP contribution in [-0.2, 0) is 14.3 Å². The SMILES string of the molecule is COC(=O)c1cc(-c2ccc(N3CC(C(C)C(N)=O)OC3=O)cc2F)ccn1. The van der Waals surface area contributed by atoms with Crippen LogP contribution in [-0.4, -0.2) is 42.7 Å². The van der Waals surface area contributed by atoms with Crippen molar-refractivity contribution in [3.8, 4) is 11.1 Å². The number of methoxy groups -OCH3 is 1. The van der Waals surface area contributed by atoms with E-state index in [-0.39, 0.29) is 23.5 Å². The van der Waals surface area contributed by atoms with Crippen LogP contribution >= 0.6 is 0 Å². The molecule has 1 aromatic heterocycles. The minimum Gasteiger partial charge on any atom is -0.464 e. The lowest BCUT2D eigenvalue weighted by atomic mass is 10.0. The second-order valence-electron chi connectivity index (χ2n) is 6.31. The van der Waals surface area contributed by atoms with Crippen LogP contribution in [0.15, 0.2) is 36.5 Å². The summed E-state index contributed by atoms with van der Waals surface area (Å²) in [4.78, 5) is 40.1. The quantitative estimate of drug-likeness (QED) is 0.787. The van der Waals surface area contributed by atoms with Gasteiger partial charge in [0, 0.05) is 11.8 Å². The highest BCUT2D eigenvalue weighted by Crippen LogP contribution is 2.30. The van der Waals surface area contributed by atoms with Crippen LogP contribution in [0.2, 0.25) is 0 Å².